The van der Waals surface area contributed by atoms with Crippen LogP contribution in [0.15, 0.2) is 24.3 Å². The summed E-state index contributed by atoms with van der Waals surface area (Å²) in [5.41, 5.74) is 5.99. The highest BCUT2D eigenvalue weighted by Crippen LogP contribution is 2.29. The van der Waals surface area contributed by atoms with Crippen LogP contribution in [0, 0.1) is 6.92 Å². The molecule has 2 rings (SSSR count). The summed E-state index contributed by atoms with van der Waals surface area (Å²) in [5.74, 6) is 5.92. The van der Waals surface area contributed by atoms with Crippen LogP contribution in [0.1, 0.15) is 44.2 Å². The van der Waals surface area contributed by atoms with E-state index < -0.39 is 0 Å². The lowest BCUT2D eigenvalue weighted by Crippen LogP contribution is -2.61. The number of likely N-dealkylation sites (tertiary alicyclic amines) is 1. The number of hydrogen-bond donors (Lipinski definition) is 2. The smallest absolute Gasteiger partial charge is 0.0432 e. The Morgan fingerprint density at radius 1 is 1.30 bits per heavy atom. The third-order valence-corrected chi connectivity index (χ3v) is 5.18. The number of nitrogens with zero attached hydrogens (tertiary/aromatic N) is 1. The molecule has 0 radical (unpaired) electrons. The second-order valence-electron chi connectivity index (χ2n) is 6.25. The predicted octanol–water partition coefficient (Wildman–Crippen LogP) is 2.63. The average Bonchev–Trinajstić information content (AvgIpc) is 3.00. The van der Waals surface area contributed by atoms with E-state index in [2.05, 4.69) is 55.4 Å². The molecule has 1 saturated heterocycles. The zero-order valence-electron chi connectivity index (χ0n) is 13.2. The molecule has 3 heteroatoms. The predicted molar refractivity (Wildman–Crippen MR) is 85.5 cm³/mol. The van der Waals surface area contributed by atoms with Gasteiger partial charge in [0.2, 0.25) is 0 Å². The second kappa shape index (κ2) is 6.70. The zero-order chi connectivity index (χ0) is 14.6. The van der Waals surface area contributed by atoms with Gasteiger partial charge < -0.3 is 0 Å². The number of nitrogens with one attached hydrogen (secondary N) is 1. The first-order valence-electron chi connectivity index (χ1n) is 7.87. The molecule has 1 aromatic carbocycles. The Kier molecular flexibility index (Phi) is 5.19. The van der Waals surface area contributed by atoms with Gasteiger partial charge in [-0.3, -0.25) is 16.2 Å². The van der Waals surface area contributed by atoms with Crippen molar-refractivity contribution in [2.45, 2.75) is 58.0 Å². The quantitative estimate of drug-likeness (QED) is 0.619. The van der Waals surface area contributed by atoms with Crippen LogP contribution < -0.4 is 11.3 Å². The van der Waals surface area contributed by atoms with Crippen molar-refractivity contribution in [3.05, 3.63) is 35.4 Å². The van der Waals surface area contributed by atoms with E-state index >= 15 is 0 Å². The fraction of sp³-hybridized carbons (Fsp3) is 0.647. The van der Waals surface area contributed by atoms with Gasteiger partial charge in [0, 0.05) is 11.6 Å². The number of rotatable bonds is 6. The van der Waals surface area contributed by atoms with Crippen LogP contribution in [0.3, 0.4) is 0 Å². The minimum absolute atomic E-state index is 0.132. The number of hydrogen-bond acceptors (Lipinski definition) is 3. The third kappa shape index (κ3) is 3.05. The van der Waals surface area contributed by atoms with Crippen LogP contribution in [0.2, 0.25) is 0 Å². The van der Waals surface area contributed by atoms with Crippen molar-refractivity contribution in [3.8, 4) is 0 Å². The van der Waals surface area contributed by atoms with Gasteiger partial charge in [0.15, 0.2) is 0 Å². The molecule has 1 heterocycles. The fourth-order valence-corrected chi connectivity index (χ4v) is 3.44. The van der Waals surface area contributed by atoms with Crippen LogP contribution in [0.4, 0.5) is 0 Å². The molecule has 112 valence electrons. The first-order valence-corrected chi connectivity index (χ1v) is 7.87. The van der Waals surface area contributed by atoms with Gasteiger partial charge in [-0.25, -0.2) is 0 Å². The summed E-state index contributed by atoms with van der Waals surface area (Å²) in [4.78, 5) is 2.62. The molecule has 1 aliphatic rings. The molecule has 1 fully saturated rings. The molecule has 0 amide bonds. The summed E-state index contributed by atoms with van der Waals surface area (Å²) in [6.45, 7) is 9.23. The molecule has 3 N–H and O–H groups in total. The Labute approximate surface area is 123 Å². The Hall–Kier alpha value is -0.900. The largest absolute Gasteiger partial charge is 0.296 e. The molecular weight excluding hydrogens is 246 g/mol. The topological polar surface area (TPSA) is 41.3 Å². The van der Waals surface area contributed by atoms with Crippen LogP contribution in [-0.2, 0) is 6.42 Å². The molecule has 20 heavy (non-hydrogen) atoms. The van der Waals surface area contributed by atoms with Crippen LogP contribution >= 0.6 is 0 Å². The molecular formula is C17H29N3. The van der Waals surface area contributed by atoms with Crippen LogP contribution in [-0.4, -0.2) is 29.6 Å². The Morgan fingerprint density at radius 3 is 2.50 bits per heavy atom. The van der Waals surface area contributed by atoms with Crippen LogP contribution in [0.5, 0.6) is 0 Å². The summed E-state index contributed by atoms with van der Waals surface area (Å²) < 4.78 is 0. The average molecular weight is 275 g/mol. The monoisotopic (exact) mass is 275 g/mol. The minimum Gasteiger partial charge on any atom is -0.296 e. The fourth-order valence-electron chi connectivity index (χ4n) is 3.44. The summed E-state index contributed by atoms with van der Waals surface area (Å²) >= 11 is 0. The molecule has 0 aliphatic carbocycles. The summed E-state index contributed by atoms with van der Waals surface area (Å²) in [6, 6.07) is 8.91. The lowest BCUT2D eigenvalue weighted by molar-refractivity contribution is 0.0840. The second-order valence-corrected chi connectivity index (χ2v) is 6.25. The first kappa shape index (κ1) is 15.5. The maximum atomic E-state index is 5.92. The van der Waals surface area contributed by atoms with Crippen molar-refractivity contribution in [1.82, 2.24) is 10.3 Å². The van der Waals surface area contributed by atoms with Crippen molar-refractivity contribution in [2.75, 3.05) is 13.1 Å². The Balaban J connectivity index is 2.19. The van der Waals surface area contributed by atoms with Crippen molar-refractivity contribution in [2.24, 2.45) is 5.84 Å². The lowest BCUT2D eigenvalue weighted by Gasteiger charge is -2.44. The van der Waals surface area contributed by atoms with E-state index in [1.54, 1.807) is 0 Å². The van der Waals surface area contributed by atoms with Gasteiger partial charge in [-0.1, -0.05) is 31.2 Å². The molecule has 2 unspecified atom stereocenters. The Morgan fingerprint density at radius 2 is 1.95 bits per heavy atom. The van der Waals surface area contributed by atoms with Gasteiger partial charge in [0.25, 0.3) is 0 Å². The Bertz CT molecular complexity index is 426. The highest BCUT2D eigenvalue weighted by Gasteiger charge is 2.38. The summed E-state index contributed by atoms with van der Waals surface area (Å²) in [5, 5.41) is 0. The van der Waals surface area contributed by atoms with Gasteiger partial charge in [-0.2, -0.15) is 0 Å². The molecule has 1 aliphatic heterocycles. The highest BCUT2D eigenvalue weighted by molar-refractivity contribution is 5.27. The van der Waals surface area contributed by atoms with E-state index in [9.17, 15) is 0 Å². The standard InChI is InChI=1S/C17H29N3/c1-4-17(3,20-11-7-8-12-20)16(19-18)13-15-10-6-5-9-14(15)2/h5-6,9-10,16,19H,4,7-8,11-13,18H2,1-3H3. The number of benzene rings is 1. The summed E-state index contributed by atoms with van der Waals surface area (Å²) in [6.07, 6.45) is 4.74. The third-order valence-electron chi connectivity index (χ3n) is 5.18. The normalized spacial score (nSPS) is 20.8. The molecule has 1 aromatic rings. The molecule has 3 nitrogen and oxygen atoms in total. The van der Waals surface area contributed by atoms with Crippen molar-refractivity contribution in [1.29, 1.82) is 0 Å². The maximum Gasteiger partial charge on any atom is 0.0432 e. The van der Waals surface area contributed by atoms with E-state index in [0.717, 1.165) is 12.8 Å². The van der Waals surface area contributed by atoms with Gasteiger partial charge in [-0.15, -0.1) is 0 Å². The molecule has 0 saturated carbocycles. The van der Waals surface area contributed by atoms with Crippen molar-refractivity contribution in [3.63, 3.8) is 0 Å². The highest BCUT2D eigenvalue weighted by atomic mass is 15.3. The van der Waals surface area contributed by atoms with E-state index in [1.807, 2.05) is 0 Å². The number of nitrogens with two attached hydrogens (primary N) is 1. The lowest BCUT2D eigenvalue weighted by atomic mass is 9.83. The first-order chi connectivity index (χ1) is 9.61. The minimum atomic E-state index is 0.132. The SMILES string of the molecule is CCC(C)(C(Cc1ccccc1C)NN)N1CCCC1. The molecule has 0 aromatic heterocycles. The zero-order valence-corrected chi connectivity index (χ0v) is 13.2. The molecule has 0 spiro atoms. The number of aryl methyl sites for hydroxylation is 1. The van der Waals surface area contributed by atoms with Crippen molar-refractivity contribution >= 4 is 0 Å². The van der Waals surface area contributed by atoms with Gasteiger partial charge in [0.1, 0.15) is 0 Å². The van der Waals surface area contributed by atoms with E-state index in [4.69, 9.17) is 5.84 Å². The van der Waals surface area contributed by atoms with Gasteiger partial charge in [0.05, 0.1) is 0 Å². The van der Waals surface area contributed by atoms with Gasteiger partial charge >= 0.3 is 0 Å². The summed E-state index contributed by atoms with van der Waals surface area (Å²) in [7, 11) is 0. The van der Waals surface area contributed by atoms with E-state index in [-0.39, 0.29) is 11.6 Å². The molecule has 0 bridgehead atoms. The molecule has 2 atom stereocenters. The van der Waals surface area contributed by atoms with E-state index in [1.165, 1.54) is 37.1 Å². The van der Waals surface area contributed by atoms with E-state index in [0.29, 0.717) is 0 Å². The number of hydrazine groups is 1. The van der Waals surface area contributed by atoms with Crippen LogP contribution in [0.25, 0.3) is 0 Å². The van der Waals surface area contributed by atoms with Gasteiger partial charge in [-0.05, 0) is 63.7 Å². The van der Waals surface area contributed by atoms with Crippen molar-refractivity contribution < 1.29 is 0 Å². The maximum absolute atomic E-state index is 5.92.